The van der Waals surface area contributed by atoms with Crippen LogP contribution in [0, 0.1) is 12.8 Å². The Balaban J connectivity index is 1.88. The van der Waals surface area contributed by atoms with Crippen molar-refractivity contribution in [1.29, 1.82) is 0 Å². The van der Waals surface area contributed by atoms with E-state index in [0.717, 1.165) is 0 Å². The van der Waals surface area contributed by atoms with Crippen LogP contribution in [0.25, 0.3) is 5.57 Å². The fraction of sp³-hybridized carbons (Fsp3) is 0.421. The Labute approximate surface area is 148 Å². The van der Waals surface area contributed by atoms with E-state index in [1.807, 2.05) is 0 Å². The fourth-order valence-electron chi connectivity index (χ4n) is 4.22. The van der Waals surface area contributed by atoms with Crippen LogP contribution >= 0.6 is 0 Å². The molecule has 3 aliphatic rings. The van der Waals surface area contributed by atoms with Crippen molar-refractivity contribution < 1.29 is 28.2 Å². The number of β-amino-alcohol motifs (C(OH)–C–C–N with tert-alkyl or cyclic N) is 1. The number of aliphatic hydroxyl groups excluding tert-OH is 1. The highest BCUT2D eigenvalue weighted by Gasteiger charge is 2.64. The Morgan fingerprint density at radius 3 is 2.62 bits per heavy atom. The predicted molar refractivity (Wildman–Crippen MR) is 88.3 cm³/mol. The standard InChI is InChI=1S/C19H18F3NO3/c1-10-6-11(17(25)23-8-12(24)9-23)7-15-16(10)13-4-2-3-5-14(13)18(15,26)19(20,21)22/h2-4,6-7,12,14,24,26H,5,8-9H2,1H3. The highest BCUT2D eigenvalue weighted by molar-refractivity contribution is 5.97. The maximum absolute atomic E-state index is 13.9. The summed E-state index contributed by atoms with van der Waals surface area (Å²) < 4.78 is 41.7. The van der Waals surface area contributed by atoms with Gasteiger partial charge in [-0.05, 0) is 42.2 Å². The molecule has 0 spiro atoms. The summed E-state index contributed by atoms with van der Waals surface area (Å²) in [4.78, 5) is 13.9. The number of halogens is 3. The number of aryl methyl sites for hydroxylation is 1. The summed E-state index contributed by atoms with van der Waals surface area (Å²) in [5, 5.41) is 20.1. The first-order valence-electron chi connectivity index (χ1n) is 8.43. The van der Waals surface area contributed by atoms with Gasteiger partial charge in [-0.25, -0.2) is 0 Å². The van der Waals surface area contributed by atoms with Crippen LogP contribution in [0.3, 0.4) is 0 Å². The van der Waals surface area contributed by atoms with Gasteiger partial charge in [0.25, 0.3) is 5.91 Å². The van der Waals surface area contributed by atoms with Gasteiger partial charge >= 0.3 is 6.18 Å². The third-order valence-electron chi connectivity index (χ3n) is 5.53. The van der Waals surface area contributed by atoms with Crippen LogP contribution in [-0.2, 0) is 5.60 Å². The molecular weight excluding hydrogens is 347 g/mol. The molecule has 1 aliphatic heterocycles. The first-order chi connectivity index (χ1) is 12.1. The molecule has 4 rings (SSSR count). The average molecular weight is 365 g/mol. The summed E-state index contributed by atoms with van der Waals surface area (Å²) in [6.07, 6.45) is -0.471. The van der Waals surface area contributed by atoms with Gasteiger partial charge in [0, 0.05) is 30.1 Å². The molecule has 2 aliphatic carbocycles. The third-order valence-corrected chi connectivity index (χ3v) is 5.53. The van der Waals surface area contributed by atoms with Crippen molar-refractivity contribution in [2.24, 2.45) is 5.92 Å². The molecule has 1 heterocycles. The summed E-state index contributed by atoms with van der Waals surface area (Å²) in [6.45, 7) is 1.98. The van der Waals surface area contributed by atoms with E-state index in [9.17, 15) is 28.2 Å². The molecule has 4 nitrogen and oxygen atoms in total. The Kier molecular flexibility index (Phi) is 3.62. The lowest BCUT2D eigenvalue weighted by Crippen LogP contribution is -2.53. The summed E-state index contributed by atoms with van der Waals surface area (Å²) in [7, 11) is 0. The van der Waals surface area contributed by atoms with E-state index >= 15 is 0 Å². The molecule has 1 amide bonds. The van der Waals surface area contributed by atoms with E-state index in [1.165, 1.54) is 11.0 Å². The molecule has 1 fully saturated rings. The van der Waals surface area contributed by atoms with Crippen LogP contribution in [0.15, 0.2) is 30.4 Å². The van der Waals surface area contributed by atoms with Gasteiger partial charge < -0.3 is 15.1 Å². The Morgan fingerprint density at radius 1 is 1.31 bits per heavy atom. The number of amides is 1. The first kappa shape index (κ1) is 17.3. The Hall–Kier alpha value is -2.12. The molecule has 26 heavy (non-hydrogen) atoms. The van der Waals surface area contributed by atoms with E-state index in [4.69, 9.17) is 0 Å². The minimum absolute atomic E-state index is 0.0809. The van der Waals surface area contributed by atoms with E-state index in [0.29, 0.717) is 16.7 Å². The number of benzene rings is 1. The number of likely N-dealkylation sites (tertiary alicyclic amines) is 1. The van der Waals surface area contributed by atoms with Crippen LogP contribution in [0.4, 0.5) is 13.2 Å². The SMILES string of the molecule is Cc1cc(C(=O)N2CC(O)C2)cc2c1C1=CC=CCC1C2(O)C(F)(F)F. The number of hydrogen-bond donors (Lipinski definition) is 2. The average Bonchev–Trinajstić information content (AvgIpc) is 2.82. The number of rotatable bonds is 1. The first-order valence-corrected chi connectivity index (χ1v) is 8.43. The number of nitrogens with zero attached hydrogens (tertiary/aromatic N) is 1. The number of hydrogen-bond acceptors (Lipinski definition) is 3. The van der Waals surface area contributed by atoms with Crippen LogP contribution < -0.4 is 0 Å². The second-order valence-corrected chi connectivity index (χ2v) is 7.18. The number of carbonyl (C=O) groups excluding carboxylic acids is 1. The topological polar surface area (TPSA) is 60.8 Å². The lowest BCUT2D eigenvalue weighted by molar-refractivity contribution is -0.277. The van der Waals surface area contributed by atoms with E-state index in [2.05, 4.69) is 0 Å². The van der Waals surface area contributed by atoms with E-state index in [1.54, 1.807) is 31.2 Å². The second-order valence-electron chi connectivity index (χ2n) is 7.18. The molecule has 1 aromatic carbocycles. The van der Waals surface area contributed by atoms with Crippen molar-refractivity contribution in [3.8, 4) is 0 Å². The monoisotopic (exact) mass is 365 g/mol. The number of aliphatic hydroxyl groups is 2. The molecule has 0 bridgehead atoms. The van der Waals surface area contributed by atoms with Gasteiger partial charge in [-0.2, -0.15) is 13.2 Å². The minimum Gasteiger partial charge on any atom is -0.389 e. The van der Waals surface area contributed by atoms with Crippen LogP contribution in [-0.4, -0.2) is 46.4 Å². The van der Waals surface area contributed by atoms with Crippen molar-refractivity contribution in [3.05, 3.63) is 52.6 Å². The smallest absolute Gasteiger partial charge is 0.389 e. The summed E-state index contributed by atoms with van der Waals surface area (Å²) >= 11 is 0. The number of carbonyl (C=O) groups is 1. The maximum atomic E-state index is 13.9. The zero-order chi connectivity index (χ0) is 18.9. The van der Waals surface area contributed by atoms with Crippen molar-refractivity contribution in [1.82, 2.24) is 4.90 Å². The normalized spacial score (nSPS) is 27.7. The minimum atomic E-state index is -4.87. The molecule has 2 unspecified atom stereocenters. The van der Waals surface area contributed by atoms with Gasteiger partial charge in [-0.1, -0.05) is 18.2 Å². The number of alkyl halides is 3. The highest BCUT2D eigenvalue weighted by atomic mass is 19.4. The third kappa shape index (κ3) is 2.20. The van der Waals surface area contributed by atoms with Crippen molar-refractivity contribution in [2.75, 3.05) is 13.1 Å². The Morgan fingerprint density at radius 2 is 2.00 bits per heavy atom. The lowest BCUT2D eigenvalue weighted by Gasteiger charge is -2.36. The summed E-state index contributed by atoms with van der Waals surface area (Å²) in [5.41, 5.74) is -1.82. The van der Waals surface area contributed by atoms with Crippen molar-refractivity contribution in [2.45, 2.75) is 31.2 Å². The molecule has 7 heteroatoms. The van der Waals surface area contributed by atoms with Gasteiger partial charge in [0.1, 0.15) is 0 Å². The van der Waals surface area contributed by atoms with Crippen molar-refractivity contribution in [3.63, 3.8) is 0 Å². The largest absolute Gasteiger partial charge is 0.422 e. The van der Waals surface area contributed by atoms with E-state index in [-0.39, 0.29) is 30.6 Å². The van der Waals surface area contributed by atoms with Gasteiger partial charge in [0.05, 0.1) is 6.10 Å². The highest BCUT2D eigenvalue weighted by Crippen LogP contribution is 2.59. The van der Waals surface area contributed by atoms with E-state index < -0.39 is 29.7 Å². The molecule has 0 aromatic heterocycles. The lowest BCUT2D eigenvalue weighted by atomic mass is 9.81. The molecule has 138 valence electrons. The maximum Gasteiger partial charge on any atom is 0.422 e. The van der Waals surface area contributed by atoms with Gasteiger partial charge in [-0.3, -0.25) is 4.79 Å². The molecular formula is C19H18F3NO3. The van der Waals surface area contributed by atoms with Crippen LogP contribution in [0.5, 0.6) is 0 Å². The zero-order valence-corrected chi connectivity index (χ0v) is 14.0. The van der Waals surface area contributed by atoms with Gasteiger partial charge in [-0.15, -0.1) is 0 Å². The number of allylic oxidation sites excluding steroid dienone is 3. The summed E-state index contributed by atoms with van der Waals surface area (Å²) in [5.74, 6) is -1.55. The predicted octanol–water partition coefficient (Wildman–Crippen LogP) is 2.53. The van der Waals surface area contributed by atoms with Crippen LogP contribution in [0.2, 0.25) is 0 Å². The second kappa shape index (κ2) is 5.44. The Bertz CT molecular complexity index is 852. The fourth-order valence-corrected chi connectivity index (χ4v) is 4.22. The van der Waals surface area contributed by atoms with Gasteiger partial charge in [0.2, 0.25) is 0 Å². The molecule has 1 aromatic rings. The van der Waals surface area contributed by atoms with Crippen molar-refractivity contribution >= 4 is 11.5 Å². The van der Waals surface area contributed by atoms with Crippen LogP contribution in [0.1, 0.15) is 33.5 Å². The molecule has 1 saturated heterocycles. The zero-order valence-electron chi connectivity index (χ0n) is 14.0. The van der Waals surface area contributed by atoms with Gasteiger partial charge in [0.15, 0.2) is 5.60 Å². The quantitative estimate of drug-likeness (QED) is 0.804. The summed E-state index contributed by atoms with van der Waals surface area (Å²) in [6, 6.07) is 2.73. The molecule has 2 atom stereocenters. The molecule has 0 saturated carbocycles. The molecule has 0 radical (unpaired) electrons. The molecule has 2 N–H and O–H groups in total. The number of fused-ring (bicyclic) bond motifs is 3.